The van der Waals surface area contributed by atoms with Gasteiger partial charge < -0.3 is 19.5 Å². The van der Waals surface area contributed by atoms with Crippen molar-refractivity contribution in [3.05, 3.63) is 60.2 Å². The molecule has 1 aliphatic rings. The SMILES string of the molecule is C[C@@H](Oc1ccc2c(c1)OCO2)C(=O)Nc1ccc(-c2cn3ccsc3n2)cc1. The molecule has 0 aliphatic carbocycles. The number of carbonyl (C=O) groups excluding carboxylic acids is 1. The van der Waals surface area contributed by atoms with E-state index in [1.807, 2.05) is 46.4 Å². The summed E-state index contributed by atoms with van der Waals surface area (Å²) in [5.74, 6) is 1.60. The summed E-state index contributed by atoms with van der Waals surface area (Å²) in [5.41, 5.74) is 2.58. The maximum atomic E-state index is 12.5. The number of carbonyl (C=O) groups is 1. The van der Waals surface area contributed by atoms with Crippen molar-refractivity contribution in [2.24, 2.45) is 0 Å². The molecule has 3 heterocycles. The summed E-state index contributed by atoms with van der Waals surface area (Å²) in [6.07, 6.45) is 3.29. The molecule has 29 heavy (non-hydrogen) atoms. The van der Waals surface area contributed by atoms with E-state index in [1.165, 1.54) is 0 Å². The first-order chi connectivity index (χ1) is 14.2. The maximum absolute atomic E-state index is 12.5. The minimum Gasteiger partial charge on any atom is -0.481 e. The number of fused-ring (bicyclic) bond motifs is 2. The zero-order valence-corrected chi connectivity index (χ0v) is 16.3. The lowest BCUT2D eigenvalue weighted by Gasteiger charge is -2.15. The Balaban J connectivity index is 1.23. The minimum atomic E-state index is -0.671. The van der Waals surface area contributed by atoms with Gasteiger partial charge in [-0.25, -0.2) is 4.98 Å². The molecule has 0 unspecified atom stereocenters. The molecule has 146 valence electrons. The van der Waals surface area contributed by atoms with Crippen molar-refractivity contribution in [1.82, 2.24) is 9.38 Å². The van der Waals surface area contributed by atoms with E-state index in [1.54, 1.807) is 36.5 Å². The Morgan fingerprint density at radius 1 is 1.21 bits per heavy atom. The van der Waals surface area contributed by atoms with Crippen LogP contribution in [-0.4, -0.2) is 28.2 Å². The number of thiazole rings is 1. The number of nitrogens with zero attached hydrogens (tertiary/aromatic N) is 2. The molecule has 0 fully saturated rings. The number of amides is 1. The number of hydrogen-bond donors (Lipinski definition) is 1. The molecular formula is C21H17N3O4S. The monoisotopic (exact) mass is 407 g/mol. The first-order valence-corrected chi connectivity index (χ1v) is 9.93. The van der Waals surface area contributed by atoms with Gasteiger partial charge in [0, 0.05) is 35.1 Å². The van der Waals surface area contributed by atoms with Crippen molar-refractivity contribution in [3.63, 3.8) is 0 Å². The number of anilines is 1. The maximum Gasteiger partial charge on any atom is 0.265 e. The number of nitrogens with one attached hydrogen (secondary N) is 1. The van der Waals surface area contributed by atoms with E-state index in [0.29, 0.717) is 22.9 Å². The Hall–Kier alpha value is -3.52. The van der Waals surface area contributed by atoms with E-state index in [9.17, 15) is 4.79 Å². The van der Waals surface area contributed by atoms with E-state index in [4.69, 9.17) is 14.2 Å². The lowest BCUT2D eigenvalue weighted by molar-refractivity contribution is -0.122. The van der Waals surface area contributed by atoms with Crippen LogP contribution >= 0.6 is 11.3 Å². The second kappa shape index (κ2) is 7.14. The Labute approximate surface area is 170 Å². The van der Waals surface area contributed by atoms with E-state index in [2.05, 4.69) is 10.3 Å². The van der Waals surface area contributed by atoms with Gasteiger partial charge in [-0.2, -0.15) is 0 Å². The molecular weight excluding hydrogens is 390 g/mol. The normalized spacial score (nSPS) is 13.4. The first kappa shape index (κ1) is 17.6. The second-order valence-electron chi connectivity index (χ2n) is 6.56. The van der Waals surface area contributed by atoms with Crippen molar-refractivity contribution in [1.29, 1.82) is 0 Å². The highest BCUT2D eigenvalue weighted by atomic mass is 32.1. The number of imidazole rings is 1. The van der Waals surface area contributed by atoms with Crippen LogP contribution in [0.2, 0.25) is 0 Å². The Kier molecular flexibility index (Phi) is 4.33. The summed E-state index contributed by atoms with van der Waals surface area (Å²) in [5, 5.41) is 4.87. The number of aromatic nitrogens is 2. The van der Waals surface area contributed by atoms with Crippen LogP contribution in [0.3, 0.4) is 0 Å². The molecule has 0 saturated carbocycles. The molecule has 8 heteroatoms. The number of ether oxygens (including phenoxy) is 3. The summed E-state index contributed by atoms with van der Waals surface area (Å²) >= 11 is 1.59. The topological polar surface area (TPSA) is 74.1 Å². The van der Waals surface area contributed by atoms with Gasteiger partial charge in [0.1, 0.15) is 5.75 Å². The van der Waals surface area contributed by atoms with Crippen molar-refractivity contribution >= 4 is 27.9 Å². The van der Waals surface area contributed by atoms with Crippen LogP contribution in [0.25, 0.3) is 16.2 Å². The second-order valence-corrected chi connectivity index (χ2v) is 7.43. The van der Waals surface area contributed by atoms with Crippen LogP contribution in [0.5, 0.6) is 17.2 Å². The van der Waals surface area contributed by atoms with Crippen LogP contribution < -0.4 is 19.5 Å². The largest absolute Gasteiger partial charge is 0.481 e. The Morgan fingerprint density at radius 3 is 2.86 bits per heavy atom. The summed E-state index contributed by atoms with van der Waals surface area (Å²) in [4.78, 5) is 18.0. The molecule has 5 rings (SSSR count). The smallest absolute Gasteiger partial charge is 0.265 e. The molecule has 0 radical (unpaired) electrons. The summed E-state index contributed by atoms with van der Waals surface area (Å²) < 4.78 is 18.3. The van der Waals surface area contributed by atoms with E-state index < -0.39 is 6.10 Å². The van der Waals surface area contributed by atoms with Crippen LogP contribution in [-0.2, 0) is 4.79 Å². The quantitative estimate of drug-likeness (QED) is 0.537. The Bertz CT molecular complexity index is 1150. The lowest BCUT2D eigenvalue weighted by atomic mass is 10.1. The summed E-state index contributed by atoms with van der Waals surface area (Å²) in [6, 6.07) is 12.8. The van der Waals surface area contributed by atoms with Gasteiger partial charge in [-0.05, 0) is 31.2 Å². The molecule has 0 bridgehead atoms. The van der Waals surface area contributed by atoms with Gasteiger partial charge in [-0.15, -0.1) is 11.3 Å². The molecule has 1 atom stereocenters. The molecule has 0 saturated heterocycles. The standard InChI is InChI=1S/C21H17N3O4S/c1-13(28-16-6-7-18-19(10-16)27-12-26-18)20(25)22-15-4-2-14(3-5-15)17-11-24-8-9-29-21(24)23-17/h2-11,13H,12H2,1H3,(H,22,25)/t13-/m1/s1. The fraction of sp³-hybridized carbons (Fsp3) is 0.143. The molecule has 7 nitrogen and oxygen atoms in total. The predicted molar refractivity (Wildman–Crippen MR) is 110 cm³/mol. The molecule has 1 aliphatic heterocycles. The number of benzene rings is 2. The van der Waals surface area contributed by atoms with Gasteiger partial charge in [0.05, 0.1) is 5.69 Å². The molecule has 0 spiro atoms. The van der Waals surface area contributed by atoms with Gasteiger partial charge in [0.2, 0.25) is 6.79 Å². The highest BCUT2D eigenvalue weighted by Gasteiger charge is 2.18. The predicted octanol–water partition coefficient (Wildman–Crippen LogP) is 4.20. The number of hydrogen-bond acceptors (Lipinski definition) is 6. The third kappa shape index (κ3) is 3.50. The fourth-order valence-corrected chi connectivity index (χ4v) is 3.74. The van der Waals surface area contributed by atoms with Gasteiger partial charge in [-0.3, -0.25) is 9.20 Å². The molecule has 1 N–H and O–H groups in total. The third-order valence-electron chi connectivity index (χ3n) is 4.57. The van der Waals surface area contributed by atoms with Gasteiger partial charge in [-0.1, -0.05) is 12.1 Å². The highest BCUT2D eigenvalue weighted by molar-refractivity contribution is 7.15. The summed E-state index contributed by atoms with van der Waals surface area (Å²) in [7, 11) is 0. The van der Waals surface area contributed by atoms with Gasteiger partial charge in [0.15, 0.2) is 22.6 Å². The van der Waals surface area contributed by atoms with Crippen molar-refractivity contribution in [3.8, 4) is 28.5 Å². The molecule has 2 aromatic heterocycles. The van der Waals surface area contributed by atoms with Crippen molar-refractivity contribution in [2.75, 3.05) is 12.1 Å². The molecule has 4 aromatic rings. The Morgan fingerprint density at radius 2 is 2.03 bits per heavy atom. The minimum absolute atomic E-state index is 0.196. The third-order valence-corrected chi connectivity index (χ3v) is 5.34. The van der Waals surface area contributed by atoms with Gasteiger partial charge >= 0.3 is 0 Å². The first-order valence-electron chi connectivity index (χ1n) is 9.05. The number of rotatable bonds is 5. The van der Waals surface area contributed by atoms with Crippen molar-refractivity contribution < 1.29 is 19.0 Å². The van der Waals surface area contributed by atoms with Gasteiger partial charge in [0.25, 0.3) is 5.91 Å². The van der Waals surface area contributed by atoms with Crippen LogP contribution in [0.4, 0.5) is 5.69 Å². The van der Waals surface area contributed by atoms with Crippen molar-refractivity contribution in [2.45, 2.75) is 13.0 Å². The summed E-state index contributed by atoms with van der Waals surface area (Å²) in [6.45, 7) is 1.90. The average molecular weight is 407 g/mol. The van der Waals surface area contributed by atoms with Crippen LogP contribution in [0, 0.1) is 0 Å². The van der Waals surface area contributed by atoms with Crippen LogP contribution in [0.15, 0.2) is 60.2 Å². The molecule has 2 aromatic carbocycles. The zero-order chi connectivity index (χ0) is 19.8. The van der Waals surface area contributed by atoms with E-state index >= 15 is 0 Å². The molecule has 1 amide bonds. The van der Waals surface area contributed by atoms with Crippen LogP contribution in [0.1, 0.15) is 6.92 Å². The average Bonchev–Trinajstić information content (AvgIpc) is 3.44. The zero-order valence-electron chi connectivity index (χ0n) is 15.5. The van der Waals surface area contributed by atoms with E-state index in [0.717, 1.165) is 16.2 Å². The fourth-order valence-electron chi connectivity index (χ4n) is 3.04. The van der Waals surface area contributed by atoms with E-state index in [-0.39, 0.29) is 12.7 Å². The highest BCUT2D eigenvalue weighted by Crippen LogP contribution is 2.35. The lowest BCUT2D eigenvalue weighted by Crippen LogP contribution is -2.30.